The van der Waals surface area contributed by atoms with E-state index in [1.54, 1.807) is 13.3 Å². The van der Waals surface area contributed by atoms with Crippen molar-refractivity contribution < 1.29 is 9.84 Å². The van der Waals surface area contributed by atoms with Crippen LogP contribution in [0.15, 0.2) is 42.6 Å². The number of nitrogens with zero attached hydrogens (tertiary/aromatic N) is 3. The van der Waals surface area contributed by atoms with Crippen LogP contribution in [0.1, 0.15) is 11.4 Å². The summed E-state index contributed by atoms with van der Waals surface area (Å²) in [6.07, 6.45) is 2.26. The summed E-state index contributed by atoms with van der Waals surface area (Å²) >= 11 is 0. The molecule has 108 valence electrons. The number of aromatic nitrogens is 3. The molecule has 2 heterocycles. The van der Waals surface area contributed by atoms with Crippen LogP contribution < -0.4 is 4.74 Å². The molecule has 0 aliphatic carbocycles. The molecular weight excluding hydrogens is 266 g/mol. The molecule has 0 saturated heterocycles. The molecule has 5 nitrogen and oxygen atoms in total. The van der Waals surface area contributed by atoms with Crippen LogP contribution in [0.5, 0.6) is 5.75 Å². The number of para-hydroxylation sites is 1. The van der Waals surface area contributed by atoms with Gasteiger partial charge in [0.05, 0.1) is 20.3 Å². The molecule has 0 saturated carbocycles. The number of aliphatic hydroxyl groups excluding tert-OH is 1. The molecule has 3 aromatic rings. The Hall–Kier alpha value is -2.40. The monoisotopic (exact) mass is 283 g/mol. The van der Waals surface area contributed by atoms with E-state index in [0.717, 1.165) is 28.3 Å². The van der Waals surface area contributed by atoms with Gasteiger partial charge in [0.25, 0.3) is 0 Å². The number of imidazole rings is 1. The van der Waals surface area contributed by atoms with Crippen LogP contribution in [0.4, 0.5) is 0 Å². The summed E-state index contributed by atoms with van der Waals surface area (Å²) in [6.45, 7) is 0.683. The average molecular weight is 283 g/mol. The molecule has 21 heavy (non-hydrogen) atoms. The van der Waals surface area contributed by atoms with Crippen LogP contribution in [-0.2, 0) is 13.0 Å². The number of pyridine rings is 1. The predicted octanol–water partition coefficient (Wildman–Crippen LogP) is 2.02. The Labute approximate surface area is 122 Å². The van der Waals surface area contributed by atoms with Crippen molar-refractivity contribution in [2.24, 2.45) is 0 Å². The number of fused-ring (bicyclic) bond motifs is 1. The van der Waals surface area contributed by atoms with E-state index in [2.05, 4.69) is 9.97 Å². The van der Waals surface area contributed by atoms with Gasteiger partial charge in [-0.15, -0.1) is 0 Å². The Morgan fingerprint density at radius 3 is 2.86 bits per heavy atom. The maximum absolute atomic E-state index is 9.24. The minimum Gasteiger partial charge on any atom is -0.496 e. The number of hydrogen-bond acceptors (Lipinski definition) is 4. The van der Waals surface area contributed by atoms with Crippen molar-refractivity contribution in [3.63, 3.8) is 0 Å². The Balaban J connectivity index is 2.08. The van der Waals surface area contributed by atoms with Crippen molar-refractivity contribution in [1.82, 2.24) is 14.5 Å². The largest absolute Gasteiger partial charge is 0.496 e. The van der Waals surface area contributed by atoms with Crippen LogP contribution in [0.3, 0.4) is 0 Å². The number of aliphatic hydroxyl groups is 1. The fraction of sp³-hybridized carbons (Fsp3) is 0.250. The molecule has 0 aliphatic rings. The first-order chi connectivity index (χ1) is 10.3. The van der Waals surface area contributed by atoms with Gasteiger partial charge in [0.1, 0.15) is 17.1 Å². The highest BCUT2D eigenvalue weighted by molar-refractivity contribution is 5.71. The second-order valence-electron chi connectivity index (χ2n) is 4.75. The Morgan fingerprint density at radius 2 is 2.05 bits per heavy atom. The van der Waals surface area contributed by atoms with E-state index in [0.29, 0.717) is 13.0 Å². The van der Waals surface area contributed by atoms with Crippen LogP contribution in [0.2, 0.25) is 0 Å². The van der Waals surface area contributed by atoms with Crippen LogP contribution >= 0.6 is 0 Å². The summed E-state index contributed by atoms with van der Waals surface area (Å²) < 4.78 is 7.43. The third-order valence-corrected chi connectivity index (χ3v) is 3.44. The molecule has 3 rings (SSSR count). The van der Waals surface area contributed by atoms with Gasteiger partial charge in [-0.05, 0) is 18.2 Å². The number of hydrogen-bond donors (Lipinski definition) is 1. The van der Waals surface area contributed by atoms with Crippen molar-refractivity contribution in [3.8, 4) is 5.75 Å². The first kappa shape index (κ1) is 13.6. The lowest BCUT2D eigenvalue weighted by molar-refractivity contribution is 0.295. The van der Waals surface area contributed by atoms with Gasteiger partial charge in [0.15, 0.2) is 5.65 Å². The minimum absolute atomic E-state index is 0.0647. The van der Waals surface area contributed by atoms with E-state index >= 15 is 0 Å². The zero-order valence-electron chi connectivity index (χ0n) is 11.9. The molecule has 0 bridgehead atoms. The van der Waals surface area contributed by atoms with Gasteiger partial charge >= 0.3 is 0 Å². The summed E-state index contributed by atoms with van der Waals surface area (Å²) in [5.41, 5.74) is 2.73. The summed E-state index contributed by atoms with van der Waals surface area (Å²) in [4.78, 5) is 8.97. The highest BCUT2D eigenvalue weighted by Gasteiger charge is 2.13. The fourth-order valence-corrected chi connectivity index (χ4v) is 2.47. The average Bonchev–Trinajstić information content (AvgIpc) is 2.86. The first-order valence-corrected chi connectivity index (χ1v) is 6.86. The lowest BCUT2D eigenvalue weighted by Gasteiger charge is -2.11. The smallest absolute Gasteiger partial charge is 0.160 e. The fourth-order valence-electron chi connectivity index (χ4n) is 2.47. The summed E-state index contributed by atoms with van der Waals surface area (Å²) in [7, 11) is 1.66. The van der Waals surface area contributed by atoms with E-state index < -0.39 is 0 Å². The molecule has 0 fully saturated rings. The zero-order valence-corrected chi connectivity index (χ0v) is 11.9. The van der Waals surface area contributed by atoms with E-state index in [9.17, 15) is 5.11 Å². The Kier molecular flexibility index (Phi) is 3.83. The normalized spacial score (nSPS) is 11.0. The number of rotatable bonds is 5. The molecule has 1 aromatic carbocycles. The summed E-state index contributed by atoms with van der Waals surface area (Å²) in [6, 6.07) is 11.7. The van der Waals surface area contributed by atoms with Gasteiger partial charge in [-0.3, -0.25) is 0 Å². The molecule has 2 aromatic heterocycles. The van der Waals surface area contributed by atoms with E-state index in [4.69, 9.17) is 4.74 Å². The second-order valence-corrected chi connectivity index (χ2v) is 4.75. The van der Waals surface area contributed by atoms with Gasteiger partial charge in [-0.25, -0.2) is 9.97 Å². The van der Waals surface area contributed by atoms with Gasteiger partial charge < -0.3 is 14.4 Å². The molecule has 0 spiro atoms. The lowest BCUT2D eigenvalue weighted by Crippen LogP contribution is -2.08. The molecule has 0 aliphatic heterocycles. The van der Waals surface area contributed by atoms with Gasteiger partial charge in [-0.1, -0.05) is 18.2 Å². The highest BCUT2D eigenvalue weighted by Crippen LogP contribution is 2.22. The van der Waals surface area contributed by atoms with Crippen molar-refractivity contribution in [2.75, 3.05) is 13.7 Å². The molecular formula is C16H17N3O2. The summed E-state index contributed by atoms with van der Waals surface area (Å²) in [5, 5.41) is 9.24. The number of methoxy groups -OCH3 is 1. The lowest BCUT2D eigenvalue weighted by atomic mass is 10.2. The maximum Gasteiger partial charge on any atom is 0.160 e. The number of benzene rings is 1. The predicted molar refractivity (Wildman–Crippen MR) is 80.4 cm³/mol. The Bertz CT molecular complexity index is 752. The van der Waals surface area contributed by atoms with Crippen molar-refractivity contribution in [3.05, 3.63) is 54.0 Å². The third kappa shape index (κ3) is 2.60. The zero-order chi connectivity index (χ0) is 14.7. The second kappa shape index (κ2) is 5.93. The van der Waals surface area contributed by atoms with Crippen molar-refractivity contribution >= 4 is 11.2 Å². The van der Waals surface area contributed by atoms with Crippen LogP contribution in [0.25, 0.3) is 11.2 Å². The molecule has 5 heteroatoms. The molecule has 0 amide bonds. The third-order valence-electron chi connectivity index (χ3n) is 3.44. The van der Waals surface area contributed by atoms with Crippen LogP contribution in [-0.4, -0.2) is 33.4 Å². The molecule has 0 unspecified atom stereocenters. The van der Waals surface area contributed by atoms with E-state index in [1.807, 2.05) is 41.0 Å². The van der Waals surface area contributed by atoms with Crippen LogP contribution in [0, 0.1) is 0 Å². The maximum atomic E-state index is 9.24. The number of ether oxygens (including phenoxy) is 1. The molecule has 1 N–H and O–H groups in total. The standard InChI is InChI=1S/C16H17N3O2/c1-21-14-7-3-2-5-12(14)11-19-15(8-10-20)18-13-6-4-9-17-16(13)19/h2-7,9,20H,8,10-11H2,1H3. The minimum atomic E-state index is 0.0647. The highest BCUT2D eigenvalue weighted by atomic mass is 16.5. The van der Waals surface area contributed by atoms with Crippen molar-refractivity contribution in [1.29, 1.82) is 0 Å². The SMILES string of the molecule is COc1ccccc1Cn1c(CCO)nc2cccnc21. The van der Waals surface area contributed by atoms with Gasteiger partial charge in [0.2, 0.25) is 0 Å². The van der Waals surface area contributed by atoms with E-state index in [-0.39, 0.29) is 6.61 Å². The summed E-state index contributed by atoms with van der Waals surface area (Å²) in [5.74, 6) is 1.67. The quantitative estimate of drug-likeness (QED) is 0.778. The first-order valence-electron chi connectivity index (χ1n) is 6.86. The topological polar surface area (TPSA) is 60.2 Å². The van der Waals surface area contributed by atoms with Crippen molar-refractivity contribution in [2.45, 2.75) is 13.0 Å². The Morgan fingerprint density at radius 1 is 1.19 bits per heavy atom. The van der Waals surface area contributed by atoms with Gasteiger partial charge in [-0.2, -0.15) is 0 Å². The molecule has 0 atom stereocenters. The van der Waals surface area contributed by atoms with Gasteiger partial charge in [0, 0.05) is 18.2 Å². The van der Waals surface area contributed by atoms with E-state index in [1.165, 1.54) is 0 Å². The molecule has 0 radical (unpaired) electrons.